The molecule has 1 heterocycles. The molecule has 158 valence electrons. The lowest BCUT2D eigenvalue weighted by Gasteiger charge is -2.26. The van der Waals surface area contributed by atoms with Crippen molar-refractivity contribution in [3.05, 3.63) is 69.7 Å². The number of hydrogen-bond acceptors (Lipinski definition) is 5. The van der Waals surface area contributed by atoms with Crippen LogP contribution in [0, 0.1) is 0 Å². The van der Waals surface area contributed by atoms with Gasteiger partial charge in [-0.1, -0.05) is 35.9 Å². The largest absolute Gasteiger partial charge is 0.303 e. The van der Waals surface area contributed by atoms with Gasteiger partial charge in [-0.2, -0.15) is 0 Å². The van der Waals surface area contributed by atoms with Crippen molar-refractivity contribution in [2.24, 2.45) is 0 Å². The van der Waals surface area contributed by atoms with E-state index in [0.29, 0.717) is 0 Å². The first-order chi connectivity index (χ1) is 14.4. The molecule has 0 fully saturated rings. The monoisotopic (exact) mass is 461 g/mol. The van der Waals surface area contributed by atoms with E-state index >= 15 is 0 Å². The van der Waals surface area contributed by atoms with E-state index < -0.39 is 10.0 Å². The molecule has 0 radical (unpaired) electrons. The SMILES string of the molecule is CNS(=O)(=O)c1cccc(C(C)NC2CCCc3nc(-c4ccc(Cl)cc4)sc32)c1. The fourth-order valence-electron chi connectivity index (χ4n) is 3.76. The Morgan fingerprint density at radius 2 is 1.97 bits per heavy atom. The summed E-state index contributed by atoms with van der Waals surface area (Å²) in [5, 5.41) is 5.43. The van der Waals surface area contributed by atoms with Crippen LogP contribution in [-0.2, 0) is 16.4 Å². The minimum Gasteiger partial charge on any atom is -0.303 e. The normalized spacial score (nSPS) is 17.5. The van der Waals surface area contributed by atoms with E-state index in [1.54, 1.807) is 29.5 Å². The Balaban J connectivity index is 1.57. The summed E-state index contributed by atoms with van der Waals surface area (Å²) in [7, 11) is -2.04. The van der Waals surface area contributed by atoms with Crippen LogP contribution in [0.3, 0.4) is 0 Å². The van der Waals surface area contributed by atoms with Gasteiger partial charge in [0.2, 0.25) is 10.0 Å². The Kier molecular flexibility index (Phi) is 6.27. The van der Waals surface area contributed by atoms with Crippen molar-refractivity contribution in [2.75, 3.05) is 7.05 Å². The number of nitrogens with zero attached hydrogens (tertiary/aromatic N) is 1. The van der Waals surface area contributed by atoms with Crippen molar-refractivity contribution in [3.8, 4) is 10.6 Å². The van der Waals surface area contributed by atoms with Crippen LogP contribution < -0.4 is 10.0 Å². The van der Waals surface area contributed by atoms with E-state index in [2.05, 4.69) is 17.0 Å². The highest BCUT2D eigenvalue weighted by Gasteiger charge is 2.26. The molecule has 0 saturated heterocycles. The third-order valence-electron chi connectivity index (χ3n) is 5.43. The summed E-state index contributed by atoms with van der Waals surface area (Å²) in [6.45, 7) is 2.07. The highest BCUT2D eigenvalue weighted by Crippen LogP contribution is 2.39. The van der Waals surface area contributed by atoms with Crippen LogP contribution >= 0.6 is 22.9 Å². The second-order valence-corrected chi connectivity index (χ2v) is 10.8. The number of hydrogen-bond donors (Lipinski definition) is 2. The van der Waals surface area contributed by atoms with Crippen LogP contribution in [0.15, 0.2) is 53.4 Å². The first kappa shape index (κ1) is 21.5. The fourth-order valence-corrected chi connectivity index (χ4v) is 5.88. The number of thiazole rings is 1. The van der Waals surface area contributed by atoms with Gasteiger partial charge in [0.1, 0.15) is 5.01 Å². The van der Waals surface area contributed by atoms with Gasteiger partial charge in [0.15, 0.2) is 0 Å². The van der Waals surface area contributed by atoms with Crippen molar-refractivity contribution >= 4 is 33.0 Å². The molecule has 8 heteroatoms. The van der Waals surface area contributed by atoms with Gasteiger partial charge in [0.25, 0.3) is 0 Å². The molecular weight excluding hydrogens is 438 g/mol. The second kappa shape index (κ2) is 8.77. The predicted octanol–water partition coefficient (Wildman–Crippen LogP) is 5.10. The van der Waals surface area contributed by atoms with Gasteiger partial charge < -0.3 is 5.32 Å². The summed E-state index contributed by atoms with van der Waals surface area (Å²) < 4.78 is 26.7. The predicted molar refractivity (Wildman–Crippen MR) is 122 cm³/mol. The summed E-state index contributed by atoms with van der Waals surface area (Å²) in [4.78, 5) is 6.44. The first-order valence-corrected chi connectivity index (χ1v) is 12.6. The van der Waals surface area contributed by atoms with Gasteiger partial charge in [-0.25, -0.2) is 18.1 Å². The lowest BCUT2D eigenvalue weighted by Crippen LogP contribution is -2.27. The van der Waals surface area contributed by atoms with E-state index in [1.807, 2.05) is 30.3 Å². The number of nitrogens with one attached hydrogen (secondary N) is 2. The van der Waals surface area contributed by atoms with E-state index in [9.17, 15) is 8.42 Å². The van der Waals surface area contributed by atoms with Crippen molar-refractivity contribution in [1.82, 2.24) is 15.0 Å². The summed E-state index contributed by atoms with van der Waals surface area (Å²) in [5.74, 6) is 0. The number of halogens is 1. The topological polar surface area (TPSA) is 71.1 Å². The first-order valence-electron chi connectivity index (χ1n) is 9.92. The van der Waals surface area contributed by atoms with Gasteiger partial charge >= 0.3 is 0 Å². The quantitative estimate of drug-likeness (QED) is 0.535. The molecule has 0 saturated carbocycles. The maximum atomic E-state index is 12.1. The average molecular weight is 462 g/mol. The molecule has 2 aromatic carbocycles. The third-order valence-corrected chi connectivity index (χ3v) is 8.35. The van der Waals surface area contributed by atoms with Crippen LogP contribution in [0.4, 0.5) is 0 Å². The standard InChI is InChI=1S/C22H24ClN3O2S2/c1-14(16-5-3-6-18(13-16)30(27,28)24-2)25-19-7-4-8-20-21(19)29-22(26-20)15-9-11-17(23)12-10-15/h3,5-6,9-14,19,24-25H,4,7-8H2,1-2H3. The van der Waals surface area contributed by atoms with Crippen LogP contribution in [-0.4, -0.2) is 20.4 Å². The van der Waals surface area contributed by atoms with Gasteiger partial charge in [-0.15, -0.1) is 11.3 Å². The number of rotatable bonds is 6. The van der Waals surface area contributed by atoms with E-state index in [0.717, 1.165) is 46.1 Å². The number of aryl methyl sites for hydroxylation is 1. The molecule has 0 spiro atoms. The Bertz CT molecular complexity index is 1140. The van der Waals surface area contributed by atoms with E-state index in [4.69, 9.17) is 16.6 Å². The molecule has 4 rings (SSSR count). The molecule has 0 bridgehead atoms. The van der Waals surface area contributed by atoms with Crippen molar-refractivity contribution in [2.45, 2.75) is 43.2 Å². The van der Waals surface area contributed by atoms with Crippen molar-refractivity contribution in [3.63, 3.8) is 0 Å². The highest BCUT2D eigenvalue weighted by molar-refractivity contribution is 7.89. The summed E-state index contributed by atoms with van der Waals surface area (Å²) in [5.41, 5.74) is 3.18. The van der Waals surface area contributed by atoms with Gasteiger partial charge in [0, 0.05) is 27.5 Å². The van der Waals surface area contributed by atoms with Gasteiger partial charge in [0.05, 0.1) is 10.6 Å². The fraction of sp³-hybridized carbons (Fsp3) is 0.318. The number of benzene rings is 2. The molecule has 3 aromatic rings. The van der Waals surface area contributed by atoms with Crippen LogP contribution in [0.25, 0.3) is 10.6 Å². The second-order valence-electron chi connectivity index (χ2n) is 7.45. The Labute approximate surface area is 186 Å². The van der Waals surface area contributed by atoms with Crippen LogP contribution in [0.2, 0.25) is 5.02 Å². The maximum Gasteiger partial charge on any atom is 0.240 e. The average Bonchev–Trinajstić information content (AvgIpc) is 3.19. The maximum absolute atomic E-state index is 12.1. The van der Waals surface area contributed by atoms with E-state index in [1.165, 1.54) is 11.9 Å². The molecular formula is C22H24ClN3O2S2. The Morgan fingerprint density at radius 1 is 1.20 bits per heavy atom. The van der Waals surface area contributed by atoms with Crippen LogP contribution in [0.5, 0.6) is 0 Å². The molecule has 1 aliphatic rings. The molecule has 0 aliphatic heterocycles. The lowest BCUT2D eigenvalue weighted by atomic mass is 9.96. The molecule has 30 heavy (non-hydrogen) atoms. The highest BCUT2D eigenvalue weighted by atomic mass is 35.5. The number of fused-ring (bicyclic) bond motifs is 1. The number of sulfonamides is 1. The molecule has 2 atom stereocenters. The lowest BCUT2D eigenvalue weighted by molar-refractivity contribution is 0.419. The molecule has 2 unspecified atom stereocenters. The minimum absolute atomic E-state index is 0.00837. The zero-order valence-electron chi connectivity index (χ0n) is 16.9. The van der Waals surface area contributed by atoms with Gasteiger partial charge in [-0.05, 0) is 63.1 Å². The zero-order chi connectivity index (χ0) is 21.3. The summed E-state index contributed by atoms with van der Waals surface area (Å²) >= 11 is 7.75. The van der Waals surface area contributed by atoms with Gasteiger partial charge in [-0.3, -0.25) is 0 Å². The molecule has 5 nitrogen and oxygen atoms in total. The van der Waals surface area contributed by atoms with Crippen LogP contribution in [0.1, 0.15) is 48.0 Å². The third kappa shape index (κ3) is 4.45. The molecule has 1 aromatic heterocycles. The van der Waals surface area contributed by atoms with Crippen molar-refractivity contribution in [1.29, 1.82) is 0 Å². The zero-order valence-corrected chi connectivity index (χ0v) is 19.2. The summed E-state index contributed by atoms with van der Waals surface area (Å²) in [6.07, 6.45) is 3.10. The smallest absolute Gasteiger partial charge is 0.240 e. The Morgan fingerprint density at radius 3 is 2.70 bits per heavy atom. The molecule has 0 amide bonds. The van der Waals surface area contributed by atoms with E-state index in [-0.39, 0.29) is 17.0 Å². The Hall–Kier alpha value is -1.77. The van der Waals surface area contributed by atoms with Crippen molar-refractivity contribution < 1.29 is 8.42 Å². The number of aromatic nitrogens is 1. The summed E-state index contributed by atoms with van der Waals surface area (Å²) in [6, 6.07) is 15.1. The molecule has 2 N–H and O–H groups in total. The molecule has 1 aliphatic carbocycles. The minimum atomic E-state index is -3.46.